The van der Waals surface area contributed by atoms with Crippen LogP contribution < -0.4 is 4.74 Å². The summed E-state index contributed by atoms with van der Waals surface area (Å²) in [5.74, 6) is 0.440. The van der Waals surface area contributed by atoms with Crippen LogP contribution in [0.2, 0.25) is 0 Å². The SMILES string of the molecule is C/C(=C/C(=O)O)c1cc2c(-c3cc(C(C)(C)C)cc(C(C)(C)C)c3OCC(C)C)cccc2s1. The van der Waals surface area contributed by atoms with E-state index in [1.54, 1.807) is 11.3 Å². The highest BCUT2D eigenvalue weighted by Crippen LogP contribution is 2.46. The minimum Gasteiger partial charge on any atom is -0.492 e. The van der Waals surface area contributed by atoms with Crippen molar-refractivity contribution in [3.05, 3.63) is 58.5 Å². The first kappa shape index (κ1) is 26.0. The smallest absolute Gasteiger partial charge is 0.328 e. The lowest BCUT2D eigenvalue weighted by atomic mass is 9.78. The molecule has 0 atom stereocenters. The van der Waals surface area contributed by atoms with Crippen LogP contribution in [0.3, 0.4) is 0 Å². The van der Waals surface area contributed by atoms with Gasteiger partial charge < -0.3 is 9.84 Å². The summed E-state index contributed by atoms with van der Waals surface area (Å²) in [4.78, 5) is 12.2. The van der Waals surface area contributed by atoms with Gasteiger partial charge in [0.15, 0.2) is 0 Å². The zero-order valence-electron chi connectivity index (χ0n) is 22.0. The lowest BCUT2D eigenvalue weighted by Gasteiger charge is -2.30. The summed E-state index contributed by atoms with van der Waals surface area (Å²) in [6, 6.07) is 13.1. The van der Waals surface area contributed by atoms with Crippen LogP contribution in [0.25, 0.3) is 26.8 Å². The minimum atomic E-state index is -0.924. The molecule has 0 aliphatic rings. The number of carbonyl (C=O) groups is 1. The summed E-state index contributed by atoms with van der Waals surface area (Å²) in [5.41, 5.74) is 5.38. The van der Waals surface area contributed by atoms with E-state index in [2.05, 4.69) is 91.8 Å². The number of rotatable bonds is 6. The number of hydrogen-bond acceptors (Lipinski definition) is 3. The molecule has 182 valence electrons. The van der Waals surface area contributed by atoms with Crippen molar-refractivity contribution in [2.75, 3.05) is 6.61 Å². The predicted molar refractivity (Wildman–Crippen MR) is 146 cm³/mol. The van der Waals surface area contributed by atoms with Crippen LogP contribution in [0, 0.1) is 5.92 Å². The maximum atomic E-state index is 11.2. The Morgan fingerprint density at radius 1 is 1.03 bits per heavy atom. The molecule has 1 N–H and O–H groups in total. The molecule has 0 aliphatic carbocycles. The highest BCUT2D eigenvalue weighted by atomic mass is 32.1. The Hall–Kier alpha value is -2.59. The summed E-state index contributed by atoms with van der Waals surface area (Å²) < 4.78 is 7.69. The first-order valence-corrected chi connectivity index (χ1v) is 12.8. The number of carboxylic acid groups (broad SMARTS) is 1. The second-order valence-electron chi connectivity index (χ2n) is 11.6. The van der Waals surface area contributed by atoms with Crippen molar-refractivity contribution in [2.24, 2.45) is 5.92 Å². The normalized spacial score (nSPS) is 13.1. The molecule has 0 aliphatic heterocycles. The standard InChI is InChI=1S/C30H38O3S/c1-18(2)17-33-28-23(14-20(29(4,5)6)15-24(28)30(7,8)9)21-11-10-12-25-22(21)16-26(34-25)19(3)13-27(31)32/h10-16,18H,17H2,1-9H3,(H,31,32)/b19-13-. The van der Waals surface area contributed by atoms with Crippen LogP contribution >= 0.6 is 11.3 Å². The molecule has 0 unspecified atom stereocenters. The molecule has 1 aromatic heterocycles. The van der Waals surface area contributed by atoms with Crippen LogP contribution in [0.4, 0.5) is 0 Å². The zero-order chi connectivity index (χ0) is 25.4. The van der Waals surface area contributed by atoms with Crippen molar-refractivity contribution in [3.63, 3.8) is 0 Å². The van der Waals surface area contributed by atoms with E-state index in [-0.39, 0.29) is 10.8 Å². The Morgan fingerprint density at radius 3 is 2.26 bits per heavy atom. The Labute approximate surface area is 208 Å². The molecule has 3 rings (SSSR count). The Kier molecular flexibility index (Phi) is 7.33. The molecule has 0 radical (unpaired) electrons. The topological polar surface area (TPSA) is 46.5 Å². The number of allylic oxidation sites excluding steroid dienone is 1. The Balaban J connectivity index is 2.37. The van der Waals surface area contributed by atoms with Crippen LogP contribution in [0.15, 0.2) is 42.5 Å². The van der Waals surface area contributed by atoms with Gasteiger partial charge in [-0.1, -0.05) is 73.6 Å². The quantitative estimate of drug-likeness (QED) is 0.360. The molecule has 0 spiro atoms. The fourth-order valence-electron chi connectivity index (χ4n) is 3.97. The molecule has 0 fully saturated rings. The van der Waals surface area contributed by atoms with Gasteiger partial charge in [0.05, 0.1) is 6.61 Å². The molecular weight excluding hydrogens is 440 g/mol. The average Bonchev–Trinajstić information content (AvgIpc) is 3.14. The first-order chi connectivity index (χ1) is 15.7. The van der Waals surface area contributed by atoms with E-state index in [1.807, 2.05) is 6.92 Å². The average molecular weight is 479 g/mol. The number of carboxylic acids is 1. The van der Waals surface area contributed by atoms with Crippen molar-refractivity contribution in [3.8, 4) is 16.9 Å². The van der Waals surface area contributed by atoms with E-state index >= 15 is 0 Å². The summed E-state index contributed by atoms with van der Waals surface area (Å²) in [7, 11) is 0. The van der Waals surface area contributed by atoms with E-state index in [1.165, 1.54) is 17.2 Å². The Bertz CT molecular complexity index is 1230. The molecule has 4 heteroatoms. The van der Waals surface area contributed by atoms with E-state index in [0.717, 1.165) is 37.4 Å². The number of benzene rings is 2. The molecule has 2 aromatic carbocycles. The molecule has 0 amide bonds. The van der Waals surface area contributed by atoms with Crippen molar-refractivity contribution < 1.29 is 14.6 Å². The molecular formula is C30H38O3S. The van der Waals surface area contributed by atoms with Crippen LogP contribution in [0.1, 0.15) is 78.3 Å². The lowest BCUT2D eigenvalue weighted by molar-refractivity contribution is -0.131. The van der Waals surface area contributed by atoms with Crippen molar-refractivity contribution in [2.45, 2.75) is 73.1 Å². The van der Waals surface area contributed by atoms with Crippen molar-refractivity contribution >= 4 is 33.0 Å². The second kappa shape index (κ2) is 9.58. The predicted octanol–water partition coefficient (Wildman–Crippen LogP) is 8.69. The summed E-state index contributed by atoms with van der Waals surface area (Å²) >= 11 is 1.63. The molecule has 34 heavy (non-hydrogen) atoms. The third-order valence-corrected chi connectivity index (χ3v) is 7.14. The number of ether oxygens (including phenoxy) is 1. The van der Waals surface area contributed by atoms with E-state index in [9.17, 15) is 9.90 Å². The van der Waals surface area contributed by atoms with E-state index in [4.69, 9.17) is 4.74 Å². The fourth-order valence-corrected chi connectivity index (χ4v) is 5.03. The van der Waals surface area contributed by atoms with Gasteiger partial charge in [-0.15, -0.1) is 11.3 Å². The van der Waals surface area contributed by atoms with Gasteiger partial charge >= 0.3 is 5.97 Å². The molecule has 3 aromatic rings. The monoisotopic (exact) mass is 478 g/mol. The highest BCUT2D eigenvalue weighted by molar-refractivity contribution is 7.20. The van der Waals surface area contributed by atoms with E-state index < -0.39 is 5.97 Å². The summed E-state index contributed by atoms with van der Waals surface area (Å²) in [6.45, 7) is 20.3. The number of aliphatic carboxylic acids is 1. The number of thiophene rings is 1. The fraction of sp³-hybridized carbons (Fsp3) is 0.433. The second-order valence-corrected chi connectivity index (χ2v) is 12.7. The summed E-state index contributed by atoms with van der Waals surface area (Å²) in [5, 5.41) is 10.3. The third-order valence-electron chi connectivity index (χ3n) is 5.90. The van der Waals surface area contributed by atoms with E-state index in [0.29, 0.717) is 12.5 Å². The van der Waals surface area contributed by atoms with Crippen LogP contribution in [-0.2, 0) is 15.6 Å². The zero-order valence-corrected chi connectivity index (χ0v) is 22.8. The molecule has 0 saturated carbocycles. The van der Waals surface area contributed by atoms with Gasteiger partial charge in [-0.05, 0) is 58.6 Å². The van der Waals surface area contributed by atoms with Crippen molar-refractivity contribution in [1.29, 1.82) is 0 Å². The van der Waals surface area contributed by atoms with Gasteiger partial charge in [0.2, 0.25) is 0 Å². The maximum absolute atomic E-state index is 11.2. The van der Waals surface area contributed by atoms with Gasteiger partial charge in [-0.2, -0.15) is 0 Å². The highest BCUT2D eigenvalue weighted by Gasteiger charge is 2.27. The van der Waals surface area contributed by atoms with Gasteiger partial charge in [0.25, 0.3) is 0 Å². The van der Waals surface area contributed by atoms with Crippen molar-refractivity contribution in [1.82, 2.24) is 0 Å². The lowest BCUT2D eigenvalue weighted by Crippen LogP contribution is -2.19. The Morgan fingerprint density at radius 2 is 1.71 bits per heavy atom. The molecule has 0 bridgehead atoms. The minimum absolute atomic E-state index is 0.0140. The van der Waals surface area contributed by atoms with Gasteiger partial charge in [-0.3, -0.25) is 0 Å². The maximum Gasteiger partial charge on any atom is 0.328 e. The van der Waals surface area contributed by atoms with Gasteiger partial charge in [-0.25, -0.2) is 4.79 Å². The number of fused-ring (bicyclic) bond motifs is 1. The van der Waals surface area contributed by atoms with Gasteiger partial charge in [0, 0.05) is 32.2 Å². The molecule has 0 saturated heterocycles. The largest absolute Gasteiger partial charge is 0.492 e. The first-order valence-electron chi connectivity index (χ1n) is 11.9. The van der Waals surface area contributed by atoms with Gasteiger partial charge in [0.1, 0.15) is 5.75 Å². The molecule has 1 heterocycles. The molecule has 3 nitrogen and oxygen atoms in total. The summed E-state index contributed by atoms with van der Waals surface area (Å²) in [6.07, 6.45) is 1.28. The van der Waals surface area contributed by atoms with Crippen LogP contribution in [-0.4, -0.2) is 17.7 Å². The van der Waals surface area contributed by atoms with Crippen LogP contribution in [0.5, 0.6) is 5.75 Å². The number of hydrogen-bond donors (Lipinski definition) is 1. The third kappa shape index (κ3) is 5.72.